The Bertz CT molecular complexity index is 1740. The van der Waals surface area contributed by atoms with E-state index in [1.165, 1.54) is 37.0 Å². The van der Waals surface area contributed by atoms with Gasteiger partial charge in [0.05, 0.1) is 5.52 Å². The first-order valence-electron chi connectivity index (χ1n) is 17.5. The fourth-order valence-electron chi connectivity index (χ4n) is 9.27. The van der Waals surface area contributed by atoms with Crippen molar-refractivity contribution in [2.75, 3.05) is 44.6 Å². The SMILES string of the molecule is Cc1cc(CC(C=O)(N2CCN(C3CCCCC3)CC2)[C@@]2(N3CCc4ccccc4NC3=O)CCCCN2C(=O)O)cc2oc(=O)[nH]c12. The molecular formula is C36H46N6O6. The Labute approximate surface area is 280 Å². The van der Waals surface area contributed by atoms with Gasteiger partial charge in [-0.1, -0.05) is 43.5 Å². The topological polar surface area (TPSA) is 142 Å². The van der Waals surface area contributed by atoms with Gasteiger partial charge in [-0.3, -0.25) is 24.6 Å². The fourth-order valence-corrected chi connectivity index (χ4v) is 9.27. The maximum absolute atomic E-state index is 14.4. The number of benzene rings is 2. The second kappa shape index (κ2) is 13.0. The summed E-state index contributed by atoms with van der Waals surface area (Å²) in [5.41, 5.74) is 1.18. The number of urea groups is 1. The molecule has 4 heterocycles. The molecule has 2 aromatic carbocycles. The zero-order valence-electron chi connectivity index (χ0n) is 27.7. The molecule has 1 aliphatic carbocycles. The third-order valence-electron chi connectivity index (χ3n) is 11.5. The highest BCUT2D eigenvalue weighted by Crippen LogP contribution is 2.47. The first kappa shape index (κ1) is 32.4. The van der Waals surface area contributed by atoms with Crippen molar-refractivity contribution in [3.63, 3.8) is 0 Å². The van der Waals surface area contributed by atoms with Crippen molar-refractivity contribution in [3.05, 3.63) is 63.6 Å². The van der Waals surface area contributed by atoms with E-state index in [1.807, 2.05) is 37.3 Å². The van der Waals surface area contributed by atoms with Crippen LogP contribution in [-0.2, 0) is 17.6 Å². The number of piperidine rings is 1. The number of carbonyl (C=O) groups excluding carboxylic acids is 2. The number of aryl methyl sites for hydroxylation is 1. The molecule has 1 unspecified atom stereocenters. The minimum absolute atomic E-state index is 0.131. The van der Waals surface area contributed by atoms with Crippen LogP contribution in [0, 0.1) is 6.92 Å². The molecule has 1 saturated carbocycles. The Morgan fingerprint density at radius 2 is 1.79 bits per heavy atom. The van der Waals surface area contributed by atoms with Gasteiger partial charge in [-0.25, -0.2) is 14.4 Å². The zero-order valence-corrected chi connectivity index (χ0v) is 27.7. The van der Waals surface area contributed by atoms with E-state index in [9.17, 15) is 24.3 Å². The van der Waals surface area contributed by atoms with E-state index in [4.69, 9.17) is 4.42 Å². The van der Waals surface area contributed by atoms with Crippen LogP contribution in [0.4, 0.5) is 15.3 Å². The van der Waals surface area contributed by atoms with Gasteiger partial charge in [0.1, 0.15) is 17.5 Å². The van der Waals surface area contributed by atoms with E-state index in [0.29, 0.717) is 61.6 Å². The Kier molecular flexibility index (Phi) is 8.80. The molecule has 2 saturated heterocycles. The summed E-state index contributed by atoms with van der Waals surface area (Å²) in [7, 11) is 0. The molecule has 3 N–H and O–H groups in total. The Balaban J connectivity index is 1.37. The summed E-state index contributed by atoms with van der Waals surface area (Å²) in [6.07, 6.45) is 8.08. The minimum Gasteiger partial charge on any atom is -0.465 e. The lowest BCUT2D eigenvalue weighted by atomic mass is 9.71. The van der Waals surface area contributed by atoms with Crippen molar-refractivity contribution in [2.45, 2.75) is 88.4 Å². The summed E-state index contributed by atoms with van der Waals surface area (Å²) in [6.45, 7) is 4.95. The van der Waals surface area contributed by atoms with Crippen LogP contribution in [0.1, 0.15) is 68.1 Å². The standard InChI is InChI=1S/C36H46N6O6/c1-25-21-26(22-30-31(25)38-33(45)48-30)23-35(24-43,40-19-17-39(18-20-40)28-10-3-2-4-11-28)36(14-7-8-15-42(36)34(46)47)41-16-13-27-9-5-6-12-29(27)37-32(41)44/h5-6,9,12,21-22,24,28H,2-4,7-8,10-11,13-20,23H2,1H3,(H,37,44)(H,38,45)(H,46,47)/t35?,36-/m1/s1. The monoisotopic (exact) mass is 658 g/mol. The smallest absolute Gasteiger partial charge is 0.417 e. The van der Waals surface area contributed by atoms with Crippen LogP contribution in [0.2, 0.25) is 0 Å². The van der Waals surface area contributed by atoms with Crippen molar-refractivity contribution in [2.24, 2.45) is 0 Å². The number of oxazole rings is 1. The number of piperazine rings is 1. The molecule has 256 valence electrons. The van der Waals surface area contributed by atoms with E-state index in [-0.39, 0.29) is 19.5 Å². The van der Waals surface area contributed by atoms with Crippen LogP contribution in [-0.4, -0.2) is 105 Å². The summed E-state index contributed by atoms with van der Waals surface area (Å²) < 4.78 is 5.48. The molecule has 4 aliphatic rings. The van der Waals surface area contributed by atoms with Gasteiger partial charge in [0, 0.05) is 57.4 Å². The second-order valence-electron chi connectivity index (χ2n) is 14.0. The maximum atomic E-state index is 14.4. The average Bonchev–Trinajstić information content (AvgIpc) is 3.40. The molecule has 0 radical (unpaired) electrons. The van der Waals surface area contributed by atoms with Crippen molar-refractivity contribution in [3.8, 4) is 0 Å². The van der Waals surface area contributed by atoms with Crippen LogP contribution in [0.15, 0.2) is 45.6 Å². The number of carboxylic acid groups (broad SMARTS) is 1. The lowest BCUT2D eigenvalue weighted by molar-refractivity contribution is -0.165. The third kappa shape index (κ3) is 5.48. The van der Waals surface area contributed by atoms with Gasteiger partial charge in [-0.05, 0) is 74.3 Å². The van der Waals surface area contributed by atoms with Crippen LogP contribution >= 0.6 is 0 Å². The summed E-state index contributed by atoms with van der Waals surface area (Å²) in [6, 6.07) is 11.4. The highest BCUT2D eigenvalue weighted by molar-refractivity contribution is 5.93. The number of fused-ring (bicyclic) bond motifs is 2. The first-order valence-corrected chi connectivity index (χ1v) is 17.5. The number of hydrogen-bond donors (Lipinski definition) is 3. The van der Waals surface area contributed by atoms with Gasteiger partial charge >= 0.3 is 17.9 Å². The molecule has 12 nitrogen and oxygen atoms in total. The number of aromatic nitrogens is 1. The Hall–Kier alpha value is -4.16. The summed E-state index contributed by atoms with van der Waals surface area (Å²) >= 11 is 0. The molecule has 12 heteroatoms. The lowest BCUT2D eigenvalue weighted by Crippen LogP contribution is -2.82. The Morgan fingerprint density at radius 3 is 2.54 bits per heavy atom. The molecule has 3 amide bonds. The number of H-pyrrole nitrogens is 1. The summed E-state index contributed by atoms with van der Waals surface area (Å²) in [4.78, 5) is 64.8. The number of nitrogens with one attached hydrogen (secondary N) is 2. The van der Waals surface area contributed by atoms with E-state index in [0.717, 1.165) is 36.1 Å². The molecule has 3 aromatic rings. The van der Waals surface area contributed by atoms with Crippen molar-refractivity contribution in [1.29, 1.82) is 0 Å². The third-order valence-corrected chi connectivity index (χ3v) is 11.5. The number of aldehydes is 1. The number of aromatic amines is 1. The lowest BCUT2D eigenvalue weighted by Gasteiger charge is -2.63. The summed E-state index contributed by atoms with van der Waals surface area (Å²) in [5.74, 6) is -0.563. The molecule has 2 atom stereocenters. The van der Waals surface area contributed by atoms with Crippen molar-refractivity contribution in [1.82, 2.24) is 24.6 Å². The fraction of sp³-hybridized carbons (Fsp3) is 0.556. The van der Waals surface area contributed by atoms with Gasteiger partial charge < -0.3 is 19.6 Å². The minimum atomic E-state index is -1.51. The predicted octanol–water partition coefficient (Wildman–Crippen LogP) is 4.81. The molecule has 7 rings (SSSR count). The largest absolute Gasteiger partial charge is 0.465 e. The van der Waals surface area contributed by atoms with Crippen LogP contribution in [0.3, 0.4) is 0 Å². The molecule has 48 heavy (non-hydrogen) atoms. The van der Waals surface area contributed by atoms with E-state index >= 15 is 0 Å². The van der Waals surface area contributed by atoms with Gasteiger partial charge in [0.25, 0.3) is 0 Å². The number of anilines is 1. The normalized spacial score (nSPS) is 24.5. The quantitative estimate of drug-likeness (QED) is 0.307. The number of amides is 3. The average molecular weight is 659 g/mol. The number of carbonyl (C=O) groups is 3. The van der Waals surface area contributed by atoms with Gasteiger partial charge in [-0.2, -0.15) is 0 Å². The Morgan fingerprint density at radius 1 is 1.02 bits per heavy atom. The molecule has 3 fully saturated rings. The van der Waals surface area contributed by atoms with Crippen LogP contribution in [0.5, 0.6) is 0 Å². The van der Waals surface area contributed by atoms with E-state index < -0.39 is 29.1 Å². The van der Waals surface area contributed by atoms with Crippen LogP contribution < -0.4 is 11.1 Å². The number of hydrogen-bond acceptors (Lipinski definition) is 7. The first-order chi connectivity index (χ1) is 23.3. The number of rotatable bonds is 7. The maximum Gasteiger partial charge on any atom is 0.417 e. The van der Waals surface area contributed by atoms with E-state index in [2.05, 4.69) is 20.1 Å². The summed E-state index contributed by atoms with van der Waals surface area (Å²) in [5, 5.41) is 14.0. The number of para-hydroxylation sites is 1. The highest BCUT2D eigenvalue weighted by Gasteiger charge is 2.65. The van der Waals surface area contributed by atoms with Crippen LogP contribution in [0.25, 0.3) is 11.1 Å². The zero-order chi connectivity index (χ0) is 33.5. The molecule has 0 bridgehead atoms. The predicted molar refractivity (Wildman–Crippen MR) is 181 cm³/mol. The molecule has 1 aromatic heterocycles. The van der Waals surface area contributed by atoms with Gasteiger partial charge in [0.2, 0.25) is 0 Å². The second-order valence-corrected chi connectivity index (χ2v) is 14.0. The number of likely N-dealkylation sites (tertiary alicyclic amines) is 1. The molecule has 0 spiro atoms. The molecular weight excluding hydrogens is 612 g/mol. The number of nitrogens with zero attached hydrogens (tertiary/aromatic N) is 4. The van der Waals surface area contributed by atoms with Gasteiger partial charge in [0.15, 0.2) is 5.58 Å². The van der Waals surface area contributed by atoms with Crippen molar-refractivity contribution < 1.29 is 23.9 Å². The highest BCUT2D eigenvalue weighted by atomic mass is 16.4. The van der Waals surface area contributed by atoms with Gasteiger partial charge in [-0.15, -0.1) is 0 Å². The van der Waals surface area contributed by atoms with Crippen molar-refractivity contribution >= 4 is 35.2 Å². The van der Waals surface area contributed by atoms with E-state index in [1.54, 1.807) is 11.0 Å². The molecule has 3 aliphatic heterocycles.